The number of hydrogen-bond acceptors (Lipinski definition) is 6. The Morgan fingerprint density at radius 3 is 2.79 bits per heavy atom. The standard InChI is InChI=1S/C22H28N4O3/c1-15(27)25-10-8-18-17(14-25)12-23-22(24-18)19-5-4-9-26(19)13-16-6-7-20(28-2)21(11-16)29-3/h6-7,11-12,19H,4-5,8-10,13-14H2,1-3H3. The number of ether oxygens (including phenoxy) is 2. The molecule has 154 valence electrons. The Bertz CT molecular complexity index is 902. The largest absolute Gasteiger partial charge is 0.493 e. The van der Waals surface area contributed by atoms with Gasteiger partial charge in [0.2, 0.25) is 5.91 Å². The Kier molecular flexibility index (Phi) is 5.67. The lowest BCUT2D eigenvalue weighted by atomic mass is 10.1. The highest BCUT2D eigenvalue weighted by molar-refractivity contribution is 5.73. The monoisotopic (exact) mass is 396 g/mol. The van der Waals surface area contributed by atoms with Gasteiger partial charge in [-0.25, -0.2) is 9.97 Å². The molecule has 1 unspecified atom stereocenters. The summed E-state index contributed by atoms with van der Waals surface area (Å²) in [4.78, 5) is 25.5. The van der Waals surface area contributed by atoms with E-state index in [4.69, 9.17) is 14.5 Å². The zero-order chi connectivity index (χ0) is 20.4. The summed E-state index contributed by atoms with van der Waals surface area (Å²) < 4.78 is 10.8. The zero-order valence-corrected chi connectivity index (χ0v) is 17.4. The van der Waals surface area contributed by atoms with Gasteiger partial charge in [-0.1, -0.05) is 6.07 Å². The summed E-state index contributed by atoms with van der Waals surface area (Å²) in [6.45, 7) is 4.82. The third-order valence-corrected chi connectivity index (χ3v) is 5.89. The first-order valence-corrected chi connectivity index (χ1v) is 10.1. The molecule has 0 N–H and O–H groups in total. The highest BCUT2D eigenvalue weighted by Gasteiger charge is 2.30. The maximum Gasteiger partial charge on any atom is 0.219 e. The van der Waals surface area contributed by atoms with Crippen molar-refractivity contribution in [1.29, 1.82) is 0 Å². The molecule has 1 saturated heterocycles. The number of rotatable bonds is 5. The van der Waals surface area contributed by atoms with E-state index in [1.807, 2.05) is 23.2 Å². The highest BCUT2D eigenvalue weighted by atomic mass is 16.5. The van der Waals surface area contributed by atoms with E-state index < -0.39 is 0 Å². The van der Waals surface area contributed by atoms with Crippen LogP contribution in [-0.2, 0) is 24.3 Å². The molecule has 0 saturated carbocycles. The molecule has 0 bridgehead atoms. The molecular formula is C22H28N4O3. The second-order valence-electron chi connectivity index (χ2n) is 7.71. The molecule has 1 aromatic heterocycles. The lowest BCUT2D eigenvalue weighted by Gasteiger charge is -2.28. The smallest absolute Gasteiger partial charge is 0.219 e. The molecule has 2 aliphatic rings. The maximum absolute atomic E-state index is 11.6. The van der Waals surface area contributed by atoms with Gasteiger partial charge in [-0.05, 0) is 37.1 Å². The van der Waals surface area contributed by atoms with Gasteiger partial charge in [-0.2, -0.15) is 0 Å². The lowest BCUT2D eigenvalue weighted by Crippen LogP contribution is -2.35. The summed E-state index contributed by atoms with van der Waals surface area (Å²) in [5.74, 6) is 2.50. The number of fused-ring (bicyclic) bond motifs is 1. The molecule has 1 fully saturated rings. The number of carbonyl (C=O) groups excluding carboxylic acids is 1. The average molecular weight is 396 g/mol. The molecule has 3 heterocycles. The molecule has 2 aliphatic heterocycles. The van der Waals surface area contributed by atoms with Crippen LogP contribution in [0.3, 0.4) is 0 Å². The van der Waals surface area contributed by atoms with Crippen LogP contribution in [0.15, 0.2) is 24.4 Å². The molecule has 29 heavy (non-hydrogen) atoms. The van der Waals surface area contributed by atoms with Crippen LogP contribution in [0, 0.1) is 0 Å². The van der Waals surface area contributed by atoms with Crippen LogP contribution in [0.4, 0.5) is 0 Å². The van der Waals surface area contributed by atoms with Crippen LogP contribution in [0.1, 0.15) is 48.5 Å². The second-order valence-corrected chi connectivity index (χ2v) is 7.71. The van der Waals surface area contributed by atoms with Crippen molar-refractivity contribution in [2.75, 3.05) is 27.3 Å². The van der Waals surface area contributed by atoms with E-state index in [-0.39, 0.29) is 11.9 Å². The molecule has 1 amide bonds. The van der Waals surface area contributed by atoms with E-state index in [0.29, 0.717) is 6.54 Å². The van der Waals surface area contributed by atoms with Crippen molar-refractivity contribution >= 4 is 5.91 Å². The fourth-order valence-corrected chi connectivity index (χ4v) is 4.28. The van der Waals surface area contributed by atoms with E-state index in [1.54, 1.807) is 21.1 Å². The molecule has 7 nitrogen and oxygen atoms in total. The average Bonchev–Trinajstić information content (AvgIpc) is 3.20. The number of methoxy groups -OCH3 is 2. The normalized spacial score (nSPS) is 19.1. The van der Waals surface area contributed by atoms with Crippen LogP contribution in [-0.4, -0.2) is 53.0 Å². The first-order valence-electron chi connectivity index (χ1n) is 10.1. The number of nitrogens with zero attached hydrogens (tertiary/aromatic N) is 4. The molecule has 0 radical (unpaired) electrons. The minimum atomic E-state index is 0.108. The fourth-order valence-electron chi connectivity index (χ4n) is 4.28. The summed E-state index contributed by atoms with van der Waals surface area (Å²) in [7, 11) is 3.31. The minimum absolute atomic E-state index is 0.108. The van der Waals surface area contributed by atoms with Gasteiger partial charge in [-0.15, -0.1) is 0 Å². The molecule has 1 atom stereocenters. The summed E-state index contributed by atoms with van der Waals surface area (Å²) in [6, 6.07) is 6.30. The first kappa shape index (κ1) is 19.6. The molecule has 0 aliphatic carbocycles. The van der Waals surface area contributed by atoms with Gasteiger partial charge < -0.3 is 14.4 Å². The lowest BCUT2D eigenvalue weighted by molar-refractivity contribution is -0.129. The number of hydrogen-bond donors (Lipinski definition) is 0. The minimum Gasteiger partial charge on any atom is -0.493 e. The Hall–Kier alpha value is -2.67. The van der Waals surface area contributed by atoms with Crippen molar-refractivity contribution in [3.63, 3.8) is 0 Å². The molecule has 0 spiro atoms. The molecule has 4 rings (SSSR count). The number of likely N-dealkylation sites (tertiary alicyclic amines) is 1. The van der Waals surface area contributed by atoms with Gasteiger partial charge in [0.15, 0.2) is 11.5 Å². The second kappa shape index (κ2) is 8.37. The van der Waals surface area contributed by atoms with Gasteiger partial charge in [-0.3, -0.25) is 9.69 Å². The molecule has 1 aromatic carbocycles. The van der Waals surface area contributed by atoms with Crippen LogP contribution >= 0.6 is 0 Å². The van der Waals surface area contributed by atoms with Gasteiger partial charge in [0.1, 0.15) is 5.82 Å². The number of carbonyl (C=O) groups is 1. The van der Waals surface area contributed by atoms with E-state index >= 15 is 0 Å². The van der Waals surface area contributed by atoms with Gasteiger partial charge in [0.25, 0.3) is 0 Å². The fraction of sp³-hybridized carbons (Fsp3) is 0.500. The summed E-state index contributed by atoms with van der Waals surface area (Å²) in [5, 5.41) is 0. The van der Waals surface area contributed by atoms with Crippen LogP contribution in [0.25, 0.3) is 0 Å². The maximum atomic E-state index is 11.6. The zero-order valence-electron chi connectivity index (χ0n) is 17.4. The van der Waals surface area contributed by atoms with Gasteiger partial charge in [0.05, 0.1) is 26.0 Å². The van der Waals surface area contributed by atoms with Crippen LogP contribution in [0.5, 0.6) is 11.5 Å². The van der Waals surface area contributed by atoms with E-state index in [9.17, 15) is 4.79 Å². The number of benzene rings is 1. The number of aromatic nitrogens is 2. The molecule has 2 aromatic rings. The first-order chi connectivity index (χ1) is 14.1. The van der Waals surface area contributed by atoms with Gasteiger partial charge in [0, 0.05) is 44.7 Å². The summed E-state index contributed by atoms with van der Waals surface area (Å²) in [6.07, 6.45) is 4.91. The topological polar surface area (TPSA) is 67.8 Å². The SMILES string of the molecule is COc1ccc(CN2CCCC2c2ncc3c(n2)CCN(C(C)=O)C3)cc1OC. The Morgan fingerprint density at radius 2 is 2.03 bits per heavy atom. The van der Waals surface area contributed by atoms with Crippen molar-refractivity contribution < 1.29 is 14.3 Å². The van der Waals surface area contributed by atoms with Crippen molar-refractivity contribution in [3.8, 4) is 11.5 Å². The van der Waals surface area contributed by atoms with E-state index in [2.05, 4.69) is 16.0 Å². The predicted molar refractivity (Wildman–Crippen MR) is 109 cm³/mol. The Labute approximate surface area is 171 Å². The van der Waals surface area contributed by atoms with Crippen molar-refractivity contribution in [1.82, 2.24) is 19.8 Å². The Balaban J connectivity index is 1.51. The van der Waals surface area contributed by atoms with Crippen molar-refractivity contribution in [2.24, 2.45) is 0 Å². The summed E-state index contributed by atoms with van der Waals surface area (Å²) >= 11 is 0. The van der Waals surface area contributed by atoms with Crippen LogP contribution in [0.2, 0.25) is 0 Å². The highest BCUT2D eigenvalue weighted by Crippen LogP contribution is 2.34. The quantitative estimate of drug-likeness (QED) is 0.774. The van der Waals surface area contributed by atoms with Crippen molar-refractivity contribution in [3.05, 3.63) is 47.0 Å². The predicted octanol–water partition coefficient (Wildman–Crippen LogP) is 2.74. The third kappa shape index (κ3) is 4.05. The van der Waals surface area contributed by atoms with E-state index in [1.165, 1.54) is 5.56 Å². The molecule has 7 heteroatoms. The van der Waals surface area contributed by atoms with E-state index in [0.717, 1.165) is 67.5 Å². The third-order valence-electron chi connectivity index (χ3n) is 5.89. The summed E-state index contributed by atoms with van der Waals surface area (Å²) in [5.41, 5.74) is 3.34. The van der Waals surface area contributed by atoms with Crippen molar-refractivity contribution in [2.45, 2.75) is 45.3 Å². The number of amides is 1. The van der Waals surface area contributed by atoms with Crippen LogP contribution < -0.4 is 9.47 Å². The Morgan fingerprint density at radius 1 is 1.21 bits per heavy atom. The van der Waals surface area contributed by atoms with Gasteiger partial charge >= 0.3 is 0 Å². The molecular weight excluding hydrogens is 368 g/mol.